The molecule has 0 aromatic carbocycles. The number of hydrogen-bond donors (Lipinski definition) is 0. The number of carbonyl (C=O) groups excluding carboxylic acids is 3. The highest BCUT2D eigenvalue weighted by atomic mass is 16.2. The molecule has 0 atom stereocenters. The Balaban J connectivity index is 1.58. The average Bonchev–Trinajstić information content (AvgIpc) is 3.15. The molecule has 1 aromatic rings. The second-order valence-corrected chi connectivity index (χ2v) is 5.71. The Morgan fingerprint density at radius 1 is 1.00 bits per heavy atom. The number of nitrogens with zero attached hydrogens (tertiary/aromatic N) is 5. The minimum absolute atomic E-state index is 0.117. The first-order chi connectivity index (χ1) is 11.2. The zero-order chi connectivity index (χ0) is 16.2. The van der Waals surface area contributed by atoms with Gasteiger partial charge in [-0.25, -0.2) is 9.78 Å². The van der Waals surface area contributed by atoms with Gasteiger partial charge in [0.1, 0.15) is 12.7 Å². The quantitative estimate of drug-likeness (QED) is 0.443. The zero-order valence-electron chi connectivity index (χ0n) is 12.8. The fraction of sp³-hybridized carbons (Fsp3) is 0.533. The van der Waals surface area contributed by atoms with E-state index in [-0.39, 0.29) is 13.1 Å². The molecule has 2 heterocycles. The van der Waals surface area contributed by atoms with E-state index in [1.807, 2.05) is 0 Å². The van der Waals surface area contributed by atoms with E-state index >= 15 is 0 Å². The smallest absolute Gasteiger partial charge is 0.263 e. The first kappa shape index (κ1) is 15.4. The normalized spacial score (nSPS) is 18.8. The number of carbonyl (C=O) groups is 3. The number of hydrogen-bond acceptors (Lipinski definition) is 5. The molecule has 3 rings (SSSR count). The van der Waals surface area contributed by atoms with E-state index in [0.29, 0.717) is 13.0 Å². The van der Waals surface area contributed by atoms with Gasteiger partial charge in [-0.15, -0.1) is 0 Å². The van der Waals surface area contributed by atoms with Gasteiger partial charge in [0.2, 0.25) is 0 Å². The van der Waals surface area contributed by atoms with E-state index < -0.39 is 17.8 Å². The van der Waals surface area contributed by atoms with E-state index in [0.717, 1.165) is 29.1 Å². The van der Waals surface area contributed by atoms with Crippen LogP contribution in [0.2, 0.25) is 0 Å². The summed E-state index contributed by atoms with van der Waals surface area (Å²) in [7, 11) is 0. The van der Waals surface area contributed by atoms with Crippen molar-refractivity contribution in [1.29, 1.82) is 0 Å². The number of rotatable bonds is 6. The summed E-state index contributed by atoms with van der Waals surface area (Å²) in [4.78, 5) is 42.2. The van der Waals surface area contributed by atoms with Crippen LogP contribution in [0.3, 0.4) is 0 Å². The van der Waals surface area contributed by atoms with E-state index in [9.17, 15) is 14.4 Å². The minimum atomic E-state index is -0.757. The molecule has 1 aromatic heterocycles. The van der Waals surface area contributed by atoms with Gasteiger partial charge in [-0.1, -0.05) is 11.6 Å². The van der Waals surface area contributed by atoms with E-state index in [1.165, 1.54) is 29.3 Å². The Labute approximate surface area is 133 Å². The topological polar surface area (TPSA) is 88.4 Å². The molecule has 1 saturated heterocycles. The van der Waals surface area contributed by atoms with Gasteiger partial charge >= 0.3 is 17.8 Å². The van der Waals surface area contributed by atoms with Crippen LogP contribution in [-0.2, 0) is 16.1 Å². The van der Waals surface area contributed by atoms with Crippen LogP contribution in [0.25, 0.3) is 0 Å². The first-order valence-corrected chi connectivity index (χ1v) is 7.84. The molecule has 0 radical (unpaired) electrons. The molecular weight excluding hydrogens is 298 g/mol. The molecular formula is C15H19N5O3. The predicted molar refractivity (Wildman–Crippen MR) is 80.0 cm³/mol. The molecule has 8 heteroatoms. The molecule has 0 bridgehead atoms. The summed E-state index contributed by atoms with van der Waals surface area (Å²) in [5, 5.41) is 3.91. The number of allylic oxidation sites excluding steroid dienone is 1. The molecule has 1 fully saturated rings. The maximum atomic E-state index is 12.3. The molecule has 0 N–H and O–H groups in total. The molecule has 4 amide bonds. The van der Waals surface area contributed by atoms with Crippen LogP contribution in [0.15, 0.2) is 24.3 Å². The van der Waals surface area contributed by atoms with Crippen LogP contribution in [-0.4, -0.2) is 55.5 Å². The van der Waals surface area contributed by atoms with Gasteiger partial charge in [-0.2, -0.15) is 5.10 Å². The van der Waals surface area contributed by atoms with Gasteiger partial charge in [-0.3, -0.25) is 24.1 Å². The van der Waals surface area contributed by atoms with Crippen LogP contribution < -0.4 is 0 Å². The molecule has 1 aliphatic carbocycles. The molecule has 0 spiro atoms. The molecule has 122 valence electrons. The fourth-order valence-corrected chi connectivity index (χ4v) is 2.88. The lowest BCUT2D eigenvalue weighted by atomic mass is 9.97. The summed E-state index contributed by atoms with van der Waals surface area (Å²) in [6, 6.07) is -0.531. The largest absolute Gasteiger partial charge is 0.334 e. The average molecular weight is 317 g/mol. The zero-order valence-corrected chi connectivity index (χ0v) is 12.8. The predicted octanol–water partition coefficient (Wildman–Crippen LogP) is 0.959. The maximum Gasteiger partial charge on any atom is 0.334 e. The molecule has 8 nitrogen and oxygen atoms in total. The molecule has 0 unspecified atom stereocenters. The Hall–Kier alpha value is -2.51. The molecule has 2 aliphatic rings. The van der Waals surface area contributed by atoms with Crippen LogP contribution in [0.4, 0.5) is 4.79 Å². The summed E-state index contributed by atoms with van der Waals surface area (Å²) < 4.78 is 1.51. The summed E-state index contributed by atoms with van der Waals surface area (Å²) in [5.74, 6) is -1.49. The SMILES string of the molecule is O=C1C(=O)N(CCn2cncn2)C(=O)N1CCC1=CCCCC1. The Kier molecular flexibility index (Phi) is 4.50. The van der Waals surface area contributed by atoms with Gasteiger partial charge in [0, 0.05) is 6.54 Å². The van der Waals surface area contributed by atoms with E-state index in [2.05, 4.69) is 16.2 Å². The number of amides is 4. The lowest BCUT2D eigenvalue weighted by Gasteiger charge is -2.17. The second-order valence-electron chi connectivity index (χ2n) is 5.71. The summed E-state index contributed by atoms with van der Waals surface area (Å²) >= 11 is 0. The highest BCUT2D eigenvalue weighted by Crippen LogP contribution is 2.21. The maximum absolute atomic E-state index is 12.3. The van der Waals surface area contributed by atoms with Crippen molar-refractivity contribution in [3.8, 4) is 0 Å². The summed E-state index contributed by atoms with van der Waals surface area (Å²) in [6.45, 7) is 0.713. The van der Waals surface area contributed by atoms with Crippen molar-refractivity contribution in [2.45, 2.75) is 38.6 Å². The van der Waals surface area contributed by atoms with Crippen molar-refractivity contribution < 1.29 is 14.4 Å². The Bertz CT molecular complexity index is 638. The highest BCUT2D eigenvalue weighted by Gasteiger charge is 2.43. The molecule has 0 saturated carbocycles. The van der Waals surface area contributed by atoms with Crippen LogP contribution in [0.5, 0.6) is 0 Å². The lowest BCUT2D eigenvalue weighted by molar-refractivity contribution is -0.143. The van der Waals surface area contributed by atoms with Crippen LogP contribution in [0, 0.1) is 0 Å². The minimum Gasteiger partial charge on any atom is -0.263 e. The van der Waals surface area contributed by atoms with Crippen molar-refractivity contribution in [3.05, 3.63) is 24.3 Å². The van der Waals surface area contributed by atoms with Crippen LogP contribution in [0.1, 0.15) is 32.1 Å². The van der Waals surface area contributed by atoms with Gasteiger partial charge in [0.15, 0.2) is 0 Å². The van der Waals surface area contributed by atoms with Crippen molar-refractivity contribution in [1.82, 2.24) is 24.6 Å². The summed E-state index contributed by atoms with van der Waals surface area (Å²) in [6.07, 6.45) is 10.1. The van der Waals surface area contributed by atoms with Crippen molar-refractivity contribution in [3.63, 3.8) is 0 Å². The third-order valence-electron chi connectivity index (χ3n) is 4.20. The van der Waals surface area contributed by atoms with E-state index in [1.54, 1.807) is 0 Å². The molecule has 23 heavy (non-hydrogen) atoms. The standard InChI is InChI=1S/C15H19N5O3/c21-13-14(22)20(9-8-18-11-16-10-17-18)15(23)19(13)7-6-12-4-2-1-3-5-12/h4,10-11H,1-3,5-9H2. The number of aromatic nitrogens is 3. The van der Waals surface area contributed by atoms with Gasteiger partial charge in [-0.05, 0) is 32.1 Å². The van der Waals surface area contributed by atoms with Crippen molar-refractivity contribution in [2.24, 2.45) is 0 Å². The lowest BCUT2D eigenvalue weighted by Crippen LogP contribution is -2.36. The van der Waals surface area contributed by atoms with Gasteiger partial charge in [0.25, 0.3) is 0 Å². The van der Waals surface area contributed by atoms with Crippen LogP contribution >= 0.6 is 0 Å². The Morgan fingerprint density at radius 2 is 1.78 bits per heavy atom. The first-order valence-electron chi connectivity index (χ1n) is 7.84. The molecule has 1 aliphatic heterocycles. The van der Waals surface area contributed by atoms with Crippen molar-refractivity contribution in [2.75, 3.05) is 13.1 Å². The fourth-order valence-electron chi connectivity index (χ4n) is 2.88. The van der Waals surface area contributed by atoms with E-state index in [4.69, 9.17) is 0 Å². The Morgan fingerprint density at radius 3 is 2.43 bits per heavy atom. The van der Waals surface area contributed by atoms with Gasteiger partial charge < -0.3 is 0 Å². The number of urea groups is 1. The third kappa shape index (κ3) is 3.30. The van der Waals surface area contributed by atoms with Gasteiger partial charge in [0.05, 0.1) is 13.1 Å². The highest BCUT2D eigenvalue weighted by molar-refractivity contribution is 6.44. The monoisotopic (exact) mass is 317 g/mol. The third-order valence-corrected chi connectivity index (χ3v) is 4.20. The van der Waals surface area contributed by atoms with Crippen molar-refractivity contribution >= 4 is 17.8 Å². The number of imide groups is 2. The second kappa shape index (κ2) is 6.72. The summed E-state index contributed by atoms with van der Waals surface area (Å²) in [5.41, 5.74) is 1.27.